The molecule has 2 atom stereocenters. The van der Waals surface area contributed by atoms with E-state index in [2.05, 4.69) is 45.4 Å². The highest BCUT2D eigenvalue weighted by atomic mass is 16.5. The molecule has 4 aromatic rings. The Bertz CT molecular complexity index is 1550. The standard InChI is InChI=1S/C28H30N8O3/c1-16(2)32-24-10-25(26-5-4-20-9-19(11-29)12-31-36(20)26)30-13-23(24)27-33-34-28(39-27)35-21-7-18(6-17(3)37)8-22(35)15-38-14-21/h4-5,9-10,12-13,16,18,21-22H,6-8,14-15H2,1-3H3,(H,30,32). The van der Waals surface area contributed by atoms with Crippen LogP contribution in [0.1, 0.15) is 45.6 Å². The lowest BCUT2D eigenvalue weighted by molar-refractivity contribution is -0.118. The Morgan fingerprint density at radius 1 is 1.18 bits per heavy atom. The van der Waals surface area contributed by atoms with Gasteiger partial charge in [-0.15, -0.1) is 5.10 Å². The number of carbonyl (C=O) groups is 1. The molecule has 11 nitrogen and oxygen atoms in total. The van der Waals surface area contributed by atoms with Crippen LogP contribution in [0.3, 0.4) is 0 Å². The molecule has 0 saturated carbocycles. The first-order chi connectivity index (χ1) is 18.9. The molecule has 6 heterocycles. The van der Waals surface area contributed by atoms with E-state index in [1.165, 1.54) is 0 Å². The fraction of sp³-hybridized carbons (Fsp3) is 0.429. The van der Waals surface area contributed by atoms with E-state index < -0.39 is 0 Å². The number of hydrogen-bond acceptors (Lipinski definition) is 10. The summed E-state index contributed by atoms with van der Waals surface area (Å²) in [6, 6.07) is 10.5. The second-order valence-corrected chi connectivity index (χ2v) is 10.7. The Morgan fingerprint density at radius 2 is 1.97 bits per heavy atom. The Kier molecular flexibility index (Phi) is 6.48. The summed E-state index contributed by atoms with van der Waals surface area (Å²) in [6.45, 7) is 6.94. The number of Topliss-reactive ketones (excluding diaryl/α,β-unsaturated/α-hetero) is 1. The average Bonchev–Trinajstić information content (AvgIpc) is 3.54. The zero-order valence-corrected chi connectivity index (χ0v) is 22.2. The number of morpholine rings is 1. The zero-order chi connectivity index (χ0) is 27.1. The van der Waals surface area contributed by atoms with Crippen molar-refractivity contribution in [3.05, 3.63) is 42.2 Å². The monoisotopic (exact) mass is 526 g/mol. The van der Waals surface area contributed by atoms with Gasteiger partial charge in [0, 0.05) is 18.7 Å². The van der Waals surface area contributed by atoms with Crippen LogP contribution in [0.15, 0.2) is 41.1 Å². The lowest BCUT2D eigenvalue weighted by Gasteiger charge is -2.47. The van der Waals surface area contributed by atoms with Crippen molar-refractivity contribution in [2.45, 2.75) is 58.2 Å². The lowest BCUT2D eigenvalue weighted by atomic mass is 9.82. The largest absolute Gasteiger partial charge is 0.403 e. The lowest BCUT2D eigenvalue weighted by Crippen LogP contribution is -2.57. The summed E-state index contributed by atoms with van der Waals surface area (Å²) >= 11 is 0. The van der Waals surface area contributed by atoms with Crippen molar-refractivity contribution in [2.24, 2.45) is 5.92 Å². The number of anilines is 2. The number of nitriles is 1. The van der Waals surface area contributed by atoms with Gasteiger partial charge in [-0.3, -0.25) is 4.98 Å². The second-order valence-electron chi connectivity index (χ2n) is 10.7. The highest BCUT2D eigenvalue weighted by Gasteiger charge is 2.41. The molecular weight excluding hydrogens is 496 g/mol. The molecule has 200 valence electrons. The van der Waals surface area contributed by atoms with Crippen molar-refractivity contribution in [1.82, 2.24) is 24.8 Å². The molecule has 0 amide bonds. The molecule has 6 rings (SSSR count). The third-order valence-electron chi connectivity index (χ3n) is 7.30. The molecule has 11 heteroatoms. The minimum absolute atomic E-state index is 0.0978. The third kappa shape index (κ3) is 4.83. The van der Waals surface area contributed by atoms with Gasteiger partial charge in [0.25, 0.3) is 5.89 Å². The number of rotatable bonds is 7. The Labute approximate surface area is 225 Å². The molecule has 0 aromatic carbocycles. The van der Waals surface area contributed by atoms with Gasteiger partial charge in [0.05, 0.1) is 65.2 Å². The quantitative estimate of drug-likeness (QED) is 0.375. The summed E-state index contributed by atoms with van der Waals surface area (Å²) in [5.74, 6) is 0.961. The van der Waals surface area contributed by atoms with Crippen molar-refractivity contribution < 1.29 is 13.9 Å². The van der Waals surface area contributed by atoms with Crippen LogP contribution in [-0.4, -0.2) is 61.9 Å². The van der Waals surface area contributed by atoms with Crippen LogP contribution >= 0.6 is 0 Å². The van der Waals surface area contributed by atoms with Gasteiger partial charge in [0.15, 0.2) is 0 Å². The van der Waals surface area contributed by atoms with E-state index in [0.717, 1.165) is 35.4 Å². The van der Waals surface area contributed by atoms with Gasteiger partial charge in [0.1, 0.15) is 11.9 Å². The Balaban J connectivity index is 1.32. The summed E-state index contributed by atoms with van der Waals surface area (Å²) < 4.78 is 13.9. The Hall–Kier alpha value is -4.30. The van der Waals surface area contributed by atoms with Gasteiger partial charge >= 0.3 is 6.01 Å². The van der Waals surface area contributed by atoms with Gasteiger partial charge in [-0.25, -0.2) is 4.52 Å². The van der Waals surface area contributed by atoms with Crippen LogP contribution in [0.2, 0.25) is 0 Å². The summed E-state index contributed by atoms with van der Waals surface area (Å²) in [4.78, 5) is 18.6. The molecule has 0 radical (unpaired) electrons. The number of nitrogens with one attached hydrogen (secondary N) is 1. The van der Waals surface area contributed by atoms with Crippen LogP contribution in [0, 0.1) is 17.2 Å². The van der Waals surface area contributed by atoms with Crippen molar-refractivity contribution in [3.63, 3.8) is 0 Å². The first-order valence-electron chi connectivity index (χ1n) is 13.2. The smallest absolute Gasteiger partial charge is 0.319 e. The molecule has 39 heavy (non-hydrogen) atoms. The minimum Gasteiger partial charge on any atom is -0.403 e. The molecule has 2 aliphatic rings. The van der Waals surface area contributed by atoms with E-state index in [-0.39, 0.29) is 23.9 Å². The zero-order valence-electron chi connectivity index (χ0n) is 22.2. The van der Waals surface area contributed by atoms with E-state index in [1.54, 1.807) is 29.9 Å². The summed E-state index contributed by atoms with van der Waals surface area (Å²) in [5, 5.41) is 25.9. The number of fused-ring (bicyclic) bond motifs is 3. The highest BCUT2D eigenvalue weighted by molar-refractivity contribution is 5.77. The number of pyridine rings is 1. The number of ether oxygens (including phenoxy) is 1. The first-order valence-corrected chi connectivity index (χ1v) is 13.2. The number of aromatic nitrogens is 5. The van der Waals surface area contributed by atoms with E-state index in [0.29, 0.717) is 48.6 Å². The number of ketones is 1. The molecule has 2 fully saturated rings. The van der Waals surface area contributed by atoms with Crippen LogP contribution in [0.5, 0.6) is 0 Å². The number of carbonyl (C=O) groups excluding carboxylic acids is 1. The molecule has 0 aliphatic carbocycles. The van der Waals surface area contributed by atoms with Crippen molar-refractivity contribution in [3.8, 4) is 28.9 Å². The van der Waals surface area contributed by atoms with Crippen molar-refractivity contribution in [2.75, 3.05) is 23.4 Å². The highest BCUT2D eigenvalue weighted by Crippen LogP contribution is 2.38. The molecule has 1 N–H and O–H groups in total. The van der Waals surface area contributed by atoms with E-state index in [1.807, 2.05) is 18.2 Å². The van der Waals surface area contributed by atoms with E-state index >= 15 is 0 Å². The fourth-order valence-electron chi connectivity index (χ4n) is 5.79. The molecule has 4 aromatic heterocycles. The van der Waals surface area contributed by atoms with Gasteiger partial charge in [0.2, 0.25) is 0 Å². The summed E-state index contributed by atoms with van der Waals surface area (Å²) in [7, 11) is 0. The van der Waals surface area contributed by atoms with Crippen LogP contribution < -0.4 is 10.2 Å². The van der Waals surface area contributed by atoms with Crippen LogP contribution in [0.25, 0.3) is 28.4 Å². The average molecular weight is 527 g/mol. The van der Waals surface area contributed by atoms with Gasteiger partial charge in [-0.1, -0.05) is 5.10 Å². The normalized spacial score (nSPS) is 20.8. The predicted octanol–water partition coefficient (Wildman–Crippen LogP) is 4.10. The molecule has 2 saturated heterocycles. The van der Waals surface area contributed by atoms with Gasteiger partial charge in [-0.2, -0.15) is 10.4 Å². The van der Waals surface area contributed by atoms with Crippen molar-refractivity contribution in [1.29, 1.82) is 5.26 Å². The van der Waals surface area contributed by atoms with Crippen LogP contribution in [-0.2, 0) is 9.53 Å². The second kappa shape index (κ2) is 10.1. The first kappa shape index (κ1) is 25.0. The van der Waals surface area contributed by atoms with E-state index in [9.17, 15) is 10.1 Å². The molecular formula is C28H30N8O3. The maximum atomic E-state index is 11.7. The fourth-order valence-corrected chi connectivity index (χ4v) is 5.79. The van der Waals surface area contributed by atoms with Crippen LogP contribution in [0.4, 0.5) is 11.7 Å². The van der Waals surface area contributed by atoms with Gasteiger partial charge in [-0.05, 0) is 63.8 Å². The molecule has 2 aliphatic heterocycles. The maximum absolute atomic E-state index is 11.7. The van der Waals surface area contributed by atoms with E-state index in [4.69, 9.17) is 14.1 Å². The number of piperidine rings is 1. The minimum atomic E-state index is 0.0978. The van der Waals surface area contributed by atoms with Crippen molar-refractivity contribution >= 4 is 23.0 Å². The predicted molar refractivity (Wildman–Crippen MR) is 144 cm³/mol. The SMILES string of the molecule is CC(=O)CC1CC2COCC(C1)N2c1nnc(-c2cnc(-c3ccc4cc(C#N)cnn34)cc2NC(C)C)o1. The number of hydrogen-bond donors (Lipinski definition) is 1. The summed E-state index contributed by atoms with van der Waals surface area (Å²) in [5.41, 5.74) is 4.37. The molecule has 0 spiro atoms. The maximum Gasteiger partial charge on any atom is 0.319 e. The molecule has 2 bridgehead atoms. The molecule has 2 unspecified atom stereocenters. The topological polar surface area (TPSA) is 134 Å². The third-order valence-corrected chi connectivity index (χ3v) is 7.30. The summed E-state index contributed by atoms with van der Waals surface area (Å²) in [6.07, 6.45) is 5.60. The Morgan fingerprint density at radius 3 is 2.69 bits per heavy atom. The number of nitrogens with zero attached hydrogens (tertiary/aromatic N) is 7. The van der Waals surface area contributed by atoms with Gasteiger partial charge < -0.3 is 24.2 Å².